The summed E-state index contributed by atoms with van der Waals surface area (Å²) in [7, 11) is 0. The first-order chi connectivity index (χ1) is 22.7. The van der Waals surface area contributed by atoms with Crippen LogP contribution in [0.2, 0.25) is 0 Å². The minimum absolute atomic E-state index is 0.0328. The van der Waals surface area contributed by atoms with E-state index in [1.54, 1.807) is 0 Å². The smallest absolute Gasteiger partial charge is 0.192 e. The van der Waals surface area contributed by atoms with Gasteiger partial charge >= 0.3 is 0 Å². The first-order valence-electron chi connectivity index (χ1n) is 16.4. The van der Waals surface area contributed by atoms with Crippen LogP contribution in [0.5, 0.6) is 0 Å². The lowest BCUT2D eigenvalue weighted by molar-refractivity contribution is 1.34. The summed E-state index contributed by atoms with van der Waals surface area (Å²) in [4.78, 5) is 0. The molecule has 0 heterocycles. The van der Waals surface area contributed by atoms with Gasteiger partial charge in [0.05, 0.1) is 11.6 Å². The van der Waals surface area contributed by atoms with Gasteiger partial charge in [-0.3, -0.25) is 0 Å². The molecule has 0 spiro atoms. The monoisotopic (exact) mass is 603 g/mol. The van der Waals surface area contributed by atoms with Crippen molar-refractivity contribution in [2.45, 2.75) is 41.5 Å². The van der Waals surface area contributed by atoms with E-state index in [1.165, 1.54) is 76.9 Å². The molecule has 0 saturated heterocycles. The second-order valence-corrected chi connectivity index (χ2v) is 13.2. The van der Waals surface area contributed by atoms with Crippen LogP contribution in [0.25, 0.3) is 43.8 Å². The van der Waals surface area contributed by atoms with Crippen LogP contribution < -0.4 is 16.4 Å². The molecule has 0 aliphatic heterocycles. The lowest BCUT2D eigenvalue weighted by Gasteiger charge is -2.28. The maximum Gasteiger partial charge on any atom is 0.244 e. The van der Waals surface area contributed by atoms with Crippen molar-refractivity contribution in [2.24, 2.45) is 0 Å². The molecule has 1 nitrogen and oxygen atoms in total. The van der Waals surface area contributed by atoms with Gasteiger partial charge in [0, 0.05) is 0 Å². The predicted octanol–water partition coefficient (Wildman–Crippen LogP) is 9.57. The number of aryl methyl sites for hydroxylation is 6. The molecular weight excluding hydrogens is 565 g/mol. The Labute approximate surface area is 279 Å². The normalized spacial score (nSPS) is 11.2. The molecule has 7 rings (SSSR count). The molecule has 47 heavy (non-hydrogen) atoms. The fourth-order valence-corrected chi connectivity index (χ4v) is 8.14. The quantitative estimate of drug-likeness (QED) is 0.142. The molecule has 0 aliphatic rings. The number of benzene rings is 7. The van der Waals surface area contributed by atoms with Crippen LogP contribution in [0, 0.1) is 52.9 Å². The van der Waals surface area contributed by atoms with Crippen molar-refractivity contribution in [1.29, 1.82) is 5.26 Å². The third kappa shape index (κ3) is 5.33. The van der Waals surface area contributed by atoms with Crippen molar-refractivity contribution >= 4 is 44.6 Å². The van der Waals surface area contributed by atoms with Gasteiger partial charge in [-0.1, -0.05) is 153 Å². The van der Waals surface area contributed by atoms with E-state index >= 15 is 0 Å². The van der Waals surface area contributed by atoms with Crippen molar-refractivity contribution < 1.29 is 0 Å². The highest BCUT2D eigenvalue weighted by Crippen LogP contribution is 2.38. The first-order valence-corrected chi connectivity index (χ1v) is 16.4. The molecule has 0 atom stereocenters. The maximum absolute atomic E-state index is 10.2. The maximum atomic E-state index is 10.2. The number of fused-ring (bicyclic) bond motifs is 2. The molecule has 0 N–H and O–H groups in total. The number of nitrogens with zero attached hydrogens (tertiary/aromatic N) is 1. The van der Waals surface area contributed by atoms with Crippen molar-refractivity contribution in [3.63, 3.8) is 0 Å². The fourth-order valence-electron chi connectivity index (χ4n) is 8.14. The topological polar surface area (TPSA) is 23.8 Å². The van der Waals surface area contributed by atoms with Crippen LogP contribution in [-0.2, 0) is 0 Å². The molecule has 0 bridgehead atoms. The predicted molar refractivity (Wildman–Crippen MR) is 203 cm³/mol. The van der Waals surface area contributed by atoms with E-state index in [0.29, 0.717) is 5.56 Å². The summed E-state index contributed by atoms with van der Waals surface area (Å²) < 4.78 is 0. The zero-order chi connectivity index (χ0) is 32.8. The summed E-state index contributed by atoms with van der Waals surface area (Å²) in [6, 6.07) is 46.3. The number of hydrogen-bond donors (Lipinski definition) is 0. The van der Waals surface area contributed by atoms with Crippen molar-refractivity contribution in [2.75, 3.05) is 0 Å². The molecule has 7 aromatic rings. The minimum Gasteiger partial charge on any atom is -0.192 e. The van der Waals surface area contributed by atoms with Gasteiger partial charge in [-0.15, -0.1) is 0 Å². The average Bonchev–Trinajstić information content (AvgIpc) is 3.06. The summed E-state index contributed by atoms with van der Waals surface area (Å²) >= 11 is 0. The average molecular weight is 604 g/mol. The number of rotatable bonds is 5. The van der Waals surface area contributed by atoms with E-state index in [0.717, 1.165) is 16.7 Å². The highest BCUT2D eigenvalue weighted by Gasteiger charge is 2.32. The van der Waals surface area contributed by atoms with Crippen LogP contribution >= 0.6 is 0 Å². The van der Waals surface area contributed by atoms with Gasteiger partial charge in [0.25, 0.3) is 0 Å². The van der Waals surface area contributed by atoms with Gasteiger partial charge in [0.15, 0.2) is 0 Å². The number of hydrogen-bond acceptors (Lipinski definition) is 1. The van der Waals surface area contributed by atoms with Crippen LogP contribution in [0.1, 0.15) is 38.9 Å². The highest BCUT2D eigenvalue weighted by molar-refractivity contribution is 6.99. The summed E-state index contributed by atoms with van der Waals surface area (Å²) in [5.41, 5.74) is 17.0. The van der Waals surface area contributed by atoms with Gasteiger partial charge in [-0.25, -0.2) is 0 Å². The van der Waals surface area contributed by atoms with Crippen molar-refractivity contribution in [3.8, 4) is 28.3 Å². The first kappa shape index (κ1) is 30.3. The largest absolute Gasteiger partial charge is 0.244 e. The molecule has 7 aromatic carbocycles. The van der Waals surface area contributed by atoms with E-state index in [2.05, 4.69) is 157 Å². The van der Waals surface area contributed by atoms with Gasteiger partial charge in [-0.2, -0.15) is 5.26 Å². The molecular formula is C45H38BN. The van der Waals surface area contributed by atoms with E-state index in [9.17, 15) is 5.26 Å². The molecule has 0 unspecified atom stereocenters. The van der Waals surface area contributed by atoms with Crippen molar-refractivity contribution in [3.05, 3.63) is 160 Å². The molecule has 0 aromatic heterocycles. The highest BCUT2D eigenvalue weighted by atomic mass is 14.2. The van der Waals surface area contributed by atoms with Gasteiger partial charge < -0.3 is 0 Å². The fraction of sp³-hybridized carbons (Fsp3) is 0.133. The van der Waals surface area contributed by atoms with Crippen LogP contribution in [0.3, 0.4) is 0 Å². The van der Waals surface area contributed by atoms with E-state index in [1.807, 2.05) is 12.1 Å². The Morgan fingerprint density at radius 3 is 1.32 bits per heavy atom. The van der Waals surface area contributed by atoms with Gasteiger partial charge in [0.2, 0.25) is 6.71 Å². The number of nitriles is 1. The molecule has 0 aliphatic carbocycles. The molecule has 0 amide bonds. The molecule has 0 fully saturated rings. The van der Waals surface area contributed by atoms with E-state index in [-0.39, 0.29) is 6.71 Å². The van der Waals surface area contributed by atoms with Crippen LogP contribution in [0.4, 0.5) is 0 Å². The van der Waals surface area contributed by atoms with Crippen LogP contribution in [0.15, 0.2) is 121 Å². The summed E-state index contributed by atoms with van der Waals surface area (Å²) in [6.45, 7) is 13.5. The Bertz CT molecular complexity index is 2220. The lowest BCUT2D eigenvalue weighted by atomic mass is 9.33. The second-order valence-electron chi connectivity index (χ2n) is 13.2. The third-order valence-electron chi connectivity index (χ3n) is 9.77. The van der Waals surface area contributed by atoms with E-state index in [4.69, 9.17) is 0 Å². The molecule has 2 heteroatoms. The molecule has 0 saturated carbocycles. The summed E-state index contributed by atoms with van der Waals surface area (Å²) in [5.74, 6) is 0. The molecule has 226 valence electrons. The lowest BCUT2D eigenvalue weighted by Crippen LogP contribution is -2.56. The van der Waals surface area contributed by atoms with Crippen molar-refractivity contribution in [1.82, 2.24) is 0 Å². The second kappa shape index (κ2) is 12.1. The van der Waals surface area contributed by atoms with Gasteiger partial charge in [-0.05, 0) is 104 Å². The zero-order valence-corrected chi connectivity index (χ0v) is 28.1. The third-order valence-corrected chi connectivity index (χ3v) is 9.77. The van der Waals surface area contributed by atoms with Crippen LogP contribution in [-0.4, -0.2) is 6.71 Å². The van der Waals surface area contributed by atoms with Gasteiger partial charge in [0.1, 0.15) is 0 Å². The minimum atomic E-state index is 0.0328. The Morgan fingerprint density at radius 1 is 0.426 bits per heavy atom. The Balaban J connectivity index is 1.64. The summed E-state index contributed by atoms with van der Waals surface area (Å²) in [5, 5.41) is 15.1. The Hall–Kier alpha value is -5.39. The summed E-state index contributed by atoms with van der Waals surface area (Å²) in [6.07, 6.45) is 0. The Morgan fingerprint density at radius 2 is 0.851 bits per heavy atom. The van der Waals surface area contributed by atoms with E-state index < -0.39 is 0 Å². The SMILES string of the molecule is Cc1cc(C)c(B(c2c(C)cc(C)cc2C)c2c3ccccc3c(-c3cc(C#N)cc(-c4ccccc4)c3)c3ccccc23)c(C)c1. The standard InChI is InChI=1S/C45H38BN/c1-28-20-30(3)43(31(4)21-28)46(44-32(5)22-29(2)23-33(44)6)45-40-18-12-10-16-38(40)42(39-17-11-13-19-41(39)45)37-25-34(27-47)24-36(26-37)35-14-8-7-9-15-35/h7-26H,1-6H3. The zero-order valence-electron chi connectivity index (χ0n) is 28.1. The Kier molecular flexibility index (Phi) is 7.79. The molecule has 0 radical (unpaired) electrons.